The third-order valence-electron chi connectivity index (χ3n) is 3.60. The highest BCUT2D eigenvalue weighted by Crippen LogP contribution is 2.22. The quantitative estimate of drug-likeness (QED) is 0.775. The van der Waals surface area contributed by atoms with Crippen LogP contribution in [-0.4, -0.2) is 36.1 Å². The highest BCUT2D eigenvalue weighted by atomic mass is 15.2. The van der Waals surface area contributed by atoms with Gasteiger partial charge in [-0.2, -0.15) is 5.26 Å². The summed E-state index contributed by atoms with van der Waals surface area (Å²) in [4.78, 5) is 2.51. The van der Waals surface area contributed by atoms with E-state index < -0.39 is 0 Å². The lowest BCUT2D eigenvalue weighted by atomic mass is 9.94. The van der Waals surface area contributed by atoms with E-state index in [4.69, 9.17) is 0 Å². The smallest absolute Gasteiger partial charge is 0.105 e. The van der Waals surface area contributed by atoms with E-state index in [-0.39, 0.29) is 5.54 Å². The normalized spacial score (nSPS) is 27.3. The summed E-state index contributed by atoms with van der Waals surface area (Å²) >= 11 is 0. The molecule has 16 heavy (non-hydrogen) atoms. The van der Waals surface area contributed by atoms with Crippen LogP contribution in [0.15, 0.2) is 0 Å². The molecule has 0 bridgehead atoms. The molecular formula is C13H25N3. The van der Waals surface area contributed by atoms with Gasteiger partial charge in [-0.3, -0.25) is 5.32 Å². The Morgan fingerprint density at radius 1 is 1.62 bits per heavy atom. The van der Waals surface area contributed by atoms with Gasteiger partial charge in [0.1, 0.15) is 5.54 Å². The predicted octanol–water partition coefficient (Wildman–Crippen LogP) is 2.00. The van der Waals surface area contributed by atoms with Crippen molar-refractivity contribution in [2.24, 2.45) is 5.92 Å². The molecule has 0 radical (unpaired) electrons. The second kappa shape index (κ2) is 5.65. The zero-order valence-corrected chi connectivity index (χ0v) is 11.1. The van der Waals surface area contributed by atoms with Crippen LogP contribution in [0, 0.1) is 17.2 Å². The summed E-state index contributed by atoms with van der Waals surface area (Å²) in [5.41, 5.74) is -0.375. The molecule has 0 aromatic heterocycles. The first-order valence-corrected chi connectivity index (χ1v) is 6.41. The van der Waals surface area contributed by atoms with Crippen molar-refractivity contribution in [3.63, 3.8) is 0 Å². The van der Waals surface area contributed by atoms with Gasteiger partial charge in [0.05, 0.1) is 6.07 Å². The number of nitrogens with one attached hydrogen (secondary N) is 1. The van der Waals surface area contributed by atoms with Crippen molar-refractivity contribution in [3.8, 4) is 6.07 Å². The second-order valence-corrected chi connectivity index (χ2v) is 5.42. The maximum atomic E-state index is 9.23. The highest BCUT2D eigenvalue weighted by Gasteiger charge is 2.30. The van der Waals surface area contributed by atoms with Crippen molar-refractivity contribution in [3.05, 3.63) is 0 Å². The van der Waals surface area contributed by atoms with Crippen molar-refractivity contribution >= 4 is 0 Å². The van der Waals surface area contributed by atoms with Crippen molar-refractivity contribution < 1.29 is 0 Å². The van der Waals surface area contributed by atoms with Crippen LogP contribution < -0.4 is 5.32 Å². The van der Waals surface area contributed by atoms with E-state index in [1.165, 1.54) is 19.5 Å². The van der Waals surface area contributed by atoms with E-state index in [0.29, 0.717) is 6.04 Å². The minimum Gasteiger partial charge on any atom is -0.300 e. The van der Waals surface area contributed by atoms with Crippen molar-refractivity contribution in [2.75, 3.05) is 19.6 Å². The second-order valence-electron chi connectivity index (χ2n) is 5.42. The van der Waals surface area contributed by atoms with Crippen LogP contribution in [-0.2, 0) is 0 Å². The van der Waals surface area contributed by atoms with E-state index in [1.54, 1.807) is 0 Å². The molecule has 3 unspecified atom stereocenters. The van der Waals surface area contributed by atoms with E-state index in [1.807, 2.05) is 6.92 Å². The molecular weight excluding hydrogens is 198 g/mol. The average molecular weight is 223 g/mol. The standard InChI is InChI=1S/C13H25N3/c1-5-15-13(4,10-14)8-12(3)16-7-6-11(2)9-16/h11-12,15H,5-9H2,1-4H3. The molecule has 3 atom stereocenters. The summed E-state index contributed by atoms with van der Waals surface area (Å²) < 4.78 is 0. The van der Waals surface area contributed by atoms with Gasteiger partial charge in [0, 0.05) is 12.6 Å². The zero-order chi connectivity index (χ0) is 12.2. The van der Waals surface area contributed by atoms with Crippen LogP contribution in [0.1, 0.15) is 40.5 Å². The topological polar surface area (TPSA) is 39.1 Å². The molecule has 3 heteroatoms. The van der Waals surface area contributed by atoms with Gasteiger partial charge in [-0.15, -0.1) is 0 Å². The largest absolute Gasteiger partial charge is 0.300 e. The highest BCUT2D eigenvalue weighted by molar-refractivity contribution is 5.05. The molecule has 1 fully saturated rings. The number of likely N-dealkylation sites (tertiary alicyclic amines) is 1. The molecule has 1 N–H and O–H groups in total. The van der Waals surface area contributed by atoms with Gasteiger partial charge in [-0.05, 0) is 45.7 Å². The SMILES string of the molecule is CCNC(C)(C#N)CC(C)N1CCC(C)C1. The third kappa shape index (κ3) is 3.47. The van der Waals surface area contributed by atoms with Gasteiger partial charge in [0.25, 0.3) is 0 Å². The Balaban J connectivity index is 2.49. The Bertz CT molecular complexity index is 258. The molecule has 0 aliphatic carbocycles. The molecule has 1 aliphatic rings. The Kier molecular flexibility index (Phi) is 4.76. The fraction of sp³-hybridized carbons (Fsp3) is 0.923. The zero-order valence-electron chi connectivity index (χ0n) is 11.1. The molecule has 1 aliphatic heterocycles. The number of nitrogens with zero attached hydrogens (tertiary/aromatic N) is 2. The van der Waals surface area contributed by atoms with Crippen molar-refractivity contribution in [1.29, 1.82) is 5.26 Å². The Morgan fingerprint density at radius 2 is 2.31 bits per heavy atom. The van der Waals surface area contributed by atoms with Crippen LogP contribution >= 0.6 is 0 Å². The molecule has 92 valence electrons. The molecule has 0 spiro atoms. The molecule has 0 aromatic carbocycles. The average Bonchev–Trinajstić information content (AvgIpc) is 2.65. The van der Waals surface area contributed by atoms with Crippen LogP contribution in [0.4, 0.5) is 0 Å². The maximum Gasteiger partial charge on any atom is 0.105 e. The van der Waals surface area contributed by atoms with Crippen LogP contribution in [0.5, 0.6) is 0 Å². The van der Waals surface area contributed by atoms with Gasteiger partial charge in [0.2, 0.25) is 0 Å². The van der Waals surface area contributed by atoms with Gasteiger partial charge in [-0.25, -0.2) is 0 Å². The lowest BCUT2D eigenvalue weighted by Crippen LogP contribution is -2.46. The summed E-state index contributed by atoms with van der Waals surface area (Å²) in [6.45, 7) is 11.8. The molecule has 1 saturated heterocycles. The van der Waals surface area contributed by atoms with Gasteiger partial charge < -0.3 is 4.90 Å². The summed E-state index contributed by atoms with van der Waals surface area (Å²) in [5, 5.41) is 12.5. The first-order valence-electron chi connectivity index (χ1n) is 6.41. The molecule has 0 saturated carbocycles. The number of nitriles is 1. The number of rotatable bonds is 5. The van der Waals surface area contributed by atoms with E-state index in [9.17, 15) is 5.26 Å². The first-order chi connectivity index (χ1) is 7.50. The lowest BCUT2D eigenvalue weighted by molar-refractivity contribution is 0.208. The Labute approximate surface area is 99.8 Å². The van der Waals surface area contributed by atoms with Crippen molar-refractivity contribution in [1.82, 2.24) is 10.2 Å². The minimum absolute atomic E-state index is 0.375. The van der Waals surface area contributed by atoms with Crippen LogP contribution in [0.3, 0.4) is 0 Å². The number of hydrogen-bond acceptors (Lipinski definition) is 3. The fourth-order valence-electron chi connectivity index (χ4n) is 2.64. The number of hydrogen-bond donors (Lipinski definition) is 1. The van der Waals surface area contributed by atoms with Gasteiger partial charge in [0.15, 0.2) is 0 Å². The first kappa shape index (κ1) is 13.5. The molecule has 3 nitrogen and oxygen atoms in total. The van der Waals surface area contributed by atoms with Crippen LogP contribution in [0.2, 0.25) is 0 Å². The van der Waals surface area contributed by atoms with Crippen LogP contribution in [0.25, 0.3) is 0 Å². The lowest BCUT2D eigenvalue weighted by Gasteiger charge is -2.31. The maximum absolute atomic E-state index is 9.23. The van der Waals surface area contributed by atoms with Gasteiger partial charge >= 0.3 is 0 Å². The monoisotopic (exact) mass is 223 g/mol. The molecule has 0 amide bonds. The third-order valence-corrected chi connectivity index (χ3v) is 3.60. The van der Waals surface area contributed by atoms with E-state index in [2.05, 4.69) is 37.1 Å². The predicted molar refractivity (Wildman–Crippen MR) is 67.1 cm³/mol. The fourth-order valence-corrected chi connectivity index (χ4v) is 2.64. The summed E-state index contributed by atoms with van der Waals surface area (Å²) in [6, 6.07) is 2.90. The Hall–Kier alpha value is -0.590. The summed E-state index contributed by atoms with van der Waals surface area (Å²) in [7, 11) is 0. The van der Waals surface area contributed by atoms with E-state index >= 15 is 0 Å². The van der Waals surface area contributed by atoms with Crippen molar-refractivity contribution in [2.45, 2.75) is 52.1 Å². The van der Waals surface area contributed by atoms with Gasteiger partial charge in [-0.1, -0.05) is 13.8 Å². The molecule has 1 rings (SSSR count). The Morgan fingerprint density at radius 3 is 2.75 bits per heavy atom. The summed E-state index contributed by atoms with van der Waals surface area (Å²) in [5.74, 6) is 0.815. The summed E-state index contributed by atoms with van der Waals surface area (Å²) in [6.07, 6.45) is 2.21. The molecule has 1 heterocycles. The molecule has 0 aromatic rings. The minimum atomic E-state index is -0.375. The van der Waals surface area contributed by atoms with E-state index in [0.717, 1.165) is 18.9 Å².